The lowest BCUT2D eigenvalue weighted by Crippen LogP contribution is -2.35. The monoisotopic (exact) mass is 222 g/mol. The molecule has 1 amide bonds. The van der Waals surface area contributed by atoms with Gasteiger partial charge in [0, 0.05) is 6.04 Å². The van der Waals surface area contributed by atoms with E-state index in [1.165, 1.54) is 38.5 Å². The predicted octanol–water partition coefficient (Wildman–Crippen LogP) is 1.75. The molecule has 1 fully saturated rings. The van der Waals surface area contributed by atoms with Crippen molar-refractivity contribution in [2.24, 2.45) is 0 Å². The minimum atomic E-state index is 0.153. The molecule has 2 aliphatic carbocycles. The minimum absolute atomic E-state index is 0.153. The fraction of sp³-hybridized carbons (Fsp3) is 0.769. The lowest BCUT2D eigenvalue weighted by Gasteiger charge is -2.12. The number of rotatable bonds is 6. The Morgan fingerprint density at radius 3 is 2.94 bits per heavy atom. The van der Waals surface area contributed by atoms with Crippen molar-refractivity contribution in [3.8, 4) is 0 Å². The summed E-state index contributed by atoms with van der Waals surface area (Å²) in [6, 6.07) is 0.482. The molecule has 0 aromatic heterocycles. The highest BCUT2D eigenvalue weighted by Crippen LogP contribution is 2.19. The van der Waals surface area contributed by atoms with Crippen LogP contribution in [0.4, 0.5) is 0 Å². The maximum atomic E-state index is 11.4. The second kappa shape index (κ2) is 6.04. The normalized spacial score (nSPS) is 20.4. The SMILES string of the molecule is O=C(CNCCC1=CCCCC1)NC1CC1. The van der Waals surface area contributed by atoms with Gasteiger partial charge in [-0.15, -0.1) is 0 Å². The Morgan fingerprint density at radius 1 is 1.38 bits per heavy atom. The van der Waals surface area contributed by atoms with Gasteiger partial charge < -0.3 is 10.6 Å². The number of carbonyl (C=O) groups excluding carboxylic acids is 1. The summed E-state index contributed by atoms with van der Waals surface area (Å²) in [4.78, 5) is 11.4. The van der Waals surface area contributed by atoms with Crippen LogP contribution in [0.3, 0.4) is 0 Å². The Bertz CT molecular complexity index is 269. The number of amides is 1. The second-order valence-electron chi connectivity index (χ2n) is 4.88. The van der Waals surface area contributed by atoms with Gasteiger partial charge in [0.25, 0.3) is 0 Å². The van der Waals surface area contributed by atoms with Crippen LogP contribution in [-0.2, 0) is 4.79 Å². The highest BCUT2D eigenvalue weighted by Gasteiger charge is 2.22. The van der Waals surface area contributed by atoms with Crippen LogP contribution in [0, 0.1) is 0 Å². The van der Waals surface area contributed by atoms with E-state index >= 15 is 0 Å². The third-order valence-electron chi connectivity index (χ3n) is 3.24. The summed E-state index contributed by atoms with van der Waals surface area (Å²) in [5.41, 5.74) is 1.57. The maximum absolute atomic E-state index is 11.4. The summed E-state index contributed by atoms with van der Waals surface area (Å²) in [5.74, 6) is 0.153. The van der Waals surface area contributed by atoms with E-state index in [0.29, 0.717) is 12.6 Å². The van der Waals surface area contributed by atoms with Gasteiger partial charge in [0.05, 0.1) is 6.54 Å². The molecule has 0 aromatic carbocycles. The Labute approximate surface area is 97.7 Å². The van der Waals surface area contributed by atoms with Crippen molar-refractivity contribution < 1.29 is 4.79 Å². The van der Waals surface area contributed by atoms with Gasteiger partial charge >= 0.3 is 0 Å². The van der Waals surface area contributed by atoms with Crippen molar-refractivity contribution in [1.29, 1.82) is 0 Å². The van der Waals surface area contributed by atoms with Gasteiger partial charge in [0.1, 0.15) is 0 Å². The van der Waals surface area contributed by atoms with E-state index in [1.807, 2.05) is 0 Å². The van der Waals surface area contributed by atoms with Gasteiger partial charge in [-0.3, -0.25) is 4.79 Å². The molecule has 2 N–H and O–H groups in total. The zero-order chi connectivity index (χ0) is 11.2. The van der Waals surface area contributed by atoms with Crippen molar-refractivity contribution in [1.82, 2.24) is 10.6 Å². The van der Waals surface area contributed by atoms with E-state index in [4.69, 9.17) is 0 Å². The zero-order valence-electron chi connectivity index (χ0n) is 9.93. The molecule has 0 aliphatic heterocycles. The molecule has 0 spiro atoms. The molecule has 3 nitrogen and oxygen atoms in total. The predicted molar refractivity (Wildman–Crippen MR) is 65.2 cm³/mol. The van der Waals surface area contributed by atoms with E-state index in [2.05, 4.69) is 16.7 Å². The Hall–Kier alpha value is -0.830. The van der Waals surface area contributed by atoms with Gasteiger partial charge in [0.15, 0.2) is 0 Å². The molecule has 1 saturated carbocycles. The summed E-state index contributed by atoms with van der Waals surface area (Å²) in [6.07, 6.45) is 11.0. The van der Waals surface area contributed by atoms with E-state index < -0.39 is 0 Å². The molecule has 3 heteroatoms. The van der Waals surface area contributed by atoms with Crippen LogP contribution in [0.25, 0.3) is 0 Å². The number of hydrogen-bond donors (Lipinski definition) is 2. The molecule has 0 unspecified atom stereocenters. The summed E-state index contributed by atoms with van der Waals surface area (Å²) >= 11 is 0. The summed E-state index contributed by atoms with van der Waals surface area (Å²) < 4.78 is 0. The minimum Gasteiger partial charge on any atom is -0.352 e. The molecule has 16 heavy (non-hydrogen) atoms. The molecular formula is C13H22N2O. The van der Waals surface area contributed by atoms with Gasteiger partial charge in [-0.25, -0.2) is 0 Å². The third kappa shape index (κ3) is 4.35. The summed E-state index contributed by atoms with van der Waals surface area (Å²) in [7, 11) is 0. The average Bonchev–Trinajstić information content (AvgIpc) is 3.10. The van der Waals surface area contributed by atoms with Crippen LogP contribution < -0.4 is 10.6 Å². The van der Waals surface area contributed by atoms with Crippen LogP contribution in [0.1, 0.15) is 44.9 Å². The maximum Gasteiger partial charge on any atom is 0.234 e. The van der Waals surface area contributed by atoms with E-state index in [0.717, 1.165) is 13.0 Å². The van der Waals surface area contributed by atoms with Crippen molar-refractivity contribution in [2.75, 3.05) is 13.1 Å². The van der Waals surface area contributed by atoms with Crippen LogP contribution in [-0.4, -0.2) is 25.0 Å². The first-order valence-corrected chi connectivity index (χ1v) is 6.52. The van der Waals surface area contributed by atoms with Crippen LogP contribution in [0.2, 0.25) is 0 Å². The van der Waals surface area contributed by atoms with Crippen molar-refractivity contribution in [3.05, 3.63) is 11.6 Å². The quantitative estimate of drug-likeness (QED) is 0.531. The van der Waals surface area contributed by atoms with Crippen LogP contribution >= 0.6 is 0 Å². The lowest BCUT2D eigenvalue weighted by molar-refractivity contribution is -0.120. The van der Waals surface area contributed by atoms with Crippen LogP contribution in [0.15, 0.2) is 11.6 Å². The topological polar surface area (TPSA) is 41.1 Å². The Balaban J connectivity index is 1.50. The molecule has 90 valence electrons. The first kappa shape index (κ1) is 11.6. The van der Waals surface area contributed by atoms with E-state index in [-0.39, 0.29) is 5.91 Å². The standard InChI is InChI=1S/C13H22N2O/c16-13(15-12-6-7-12)10-14-9-8-11-4-2-1-3-5-11/h4,12,14H,1-3,5-10H2,(H,15,16). The van der Waals surface area contributed by atoms with Crippen molar-refractivity contribution >= 4 is 5.91 Å². The van der Waals surface area contributed by atoms with Crippen molar-refractivity contribution in [2.45, 2.75) is 51.0 Å². The molecule has 0 saturated heterocycles. The molecule has 0 radical (unpaired) electrons. The first-order valence-electron chi connectivity index (χ1n) is 6.52. The molecule has 0 atom stereocenters. The molecular weight excluding hydrogens is 200 g/mol. The smallest absolute Gasteiger partial charge is 0.234 e. The fourth-order valence-corrected chi connectivity index (χ4v) is 2.09. The Morgan fingerprint density at radius 2 is 2.25 bits per heavy atom. The van der Waals surface area contributed by atoms with E-state index in [9.17, 15) is 4.79 Å². The molecule has 2 rings (SSSR count). The zero-order valence-corrected chi connectivity index (χ0v) is 9.93. The second-order valence-corrected chi connectivity index (χ2v) is 4.88. The van der Waals surface area contributed by atoms with E-state index in [1.54, 1.807) is 5.57 Å². The molecule has 0 aromatic rings. The Kier molecular flexibility index (Phi) is 4.40. The van der Waals surface area contributed by atoms with Crippen molar-refractivity contribution in [3.63, 3.8) is 0 Å². The number of carbonyl (C=O) groups is 1. The molecule has 0 bridgehead atoms. The first-order chi connectivity index (χ1) is 7.84. The van der Waals surface area contributed by atoms with Crippen LogP contribution in [0.5, 0.6) is 0 Å². The highest BCUT2D eigenvalue weighted by molar-refractivity contribution is 5.78. The molecule has 2 aliphatic rings. The summed E-state index contributed by atoms with van der Waals surface area (Å²) in [5, 5.41) is 6.19. The largest absolute Gasteiger partial charge is 0.352 e. The number of hydrogen-bond acceptors (Lipinski definition) is 2. The number of nitrogens with one attached hydrogen (secondary N) is 2. The molecule has 0 heterocycles. The third-order valence-corrected chi connectivity index (χ3v) is 3.24. The van der Waals surface area contributed by atoms with Gasteiger partial charge in [0.2, 0.25) is 5.91 Å². The summed E-state index contributed by atoms with van der Waals surface area (Å²) in [6.45, 7) is 1.41. The number of allylic oxidation sites excluding steroid dienone is 1. The van der Waals surface area contributed by atoms with Gasteiger partial charge in [-0.05, 0) is 51.5 Å². The van der Waals surface area contributed by atoms with Gasteiger partial charge in [-0.2, -0.15) is 0 Å². The average molecular weight is 222 g/mol. The van der Waals surface area contributed by atoms with Gasteiger partial charge in [-0.1, -0.05) is 11.6 Å². The highest BCUT2D eigenvalue weighted by atomic mass is 16.2. The fourth-order valence-electron chi connectivity index (χ4n) is 2.09. The lowest BCUT2D eigenvalue weighted by atomic mass is 9.97.